The third-order valence-electron chi connectivity index (χ3n) is 0.655. The van der Waals surface area contributed by atoms with Crippen LogP contribution in [0.3, 0.4) is 0 Å². The van der Waals surface area contributed by atoms with Crippen LogP contribution in [0.4, 0.5) is 0 Å². The summed E-state index contributed by atoms with van der Waals surface area (Å²) in [5.74, 6) is -0.294. The predicted octanol–water partition coefficient (Wildman–Crippen LogP) is 2.09. The Bertz CT molecular complexity index is 109. The maximum absolute atomic E-state index is 10.2. The van der Waals surface area contributed by atoms with Gasteiger partial charge in [-0.1, -0.05) is 47.8 Å². The Kier molecular flexibility index (Phi) is 4.33. The van der Waals surface area contributed by atoms with Crippen molar-refractivity contribution in [3.63, 3.8) is 0 Å². The Morgan fingerprint density at radius 2 is 1.89 bits per heavy atom. The number of halogens is 3. The fourth-order valence-corrected chi connectivity index (χ4v) is 0.860. The Morgan fingerprint density at radius 1 is 1.44 bits per heavy atom. The fourth-order valence-electron chi connectivity index (χ4n) is 0.265. The van der Waals surface area contributed by atoms with Gasteiger partial charge < -0.3 is 5.73 Å². The molecule has 0 radical (unpaired) electrons. The highest BCUT2D eigenvalue weighted by Gasteiger charge is 2.17. The summed E-state index contributed by atoms with van der Waals surface area (Å²) in [6.07, 6.45) is 0.990. The van der Waals surface area contributed by atoms with Gasteiger partial charge in [0.1, 0.15) is 2.14 Å². The first-order chi connectivity index (χ1) is 3.92. The molecule has 54 valence electrons. The van der Waals surface area contributed by atoms with Crippen molar-refractivity contribution in [3.05, 3.63) is 0 Å². The first-order valence-electron chi connectivity index (χ1n) is 2.27. The molecule has 0 saturated carbocycles. The van der Waals surface area contributed by atoms with E-state index in [2.05, 4.69) is 47.8 Å². The number of primary amides is 1. The van der Waals surface area contributed by atoms with Crippen LogP contribution in [-0.4, -0.2) is 8.05 Å². The average molecular weight is 324 g/mol. The number of nitrogens with two attached hydrogens (primary N) is 1. The number of hydrogen-bond acceptors (Lipinski definition) is 1. The van der Waals surface area contributed by atoms with Gasteiger partial charge in [-0.05, 0) is 6.42 Å². The summed E-state index contributed by atoms with van der Waals surface area (Å²) in [5, 5.41) is 0. The Labute approximate surface area is 78.9 Å². The molecular formula is C4H6Br3NO. The minimum Gasteiger partial charge on any atom is -0.370 e. The maximum atomic E-state index is 10.2. The summed E-state index contributed by atoms with van der Waals surface area (Å²) in [6.45, 7) is 0. The van der Waals surface area contributed by atoms with Crippen molar-refractivity contribution in [1.82, 2.24) is 0 Å². The van der Waals surface area contributed by atoms with E-state index < -0.39 is 0 Å². The summed E-state index contributed by atoms with van der Waals surface area (Å²) in [4.78, 5) is 10.2. The van der Waals surface area contributed by atoms with Gasteiger partial charge in [0.05, 0.1) is 0 Å². The standard InChI is InChI=1S/C4H6Br3NO/c5-4(6,7)2-1-3(8)9/h1-2H2,(H2,8,9). The van der Waals surface area contributed by atoms with E-state index in [1.165, 1.54) is 0 Å². The number of amides is 1. The van der Waals surface area contributed by atoms with E-state index in [4.69, 9.17) is 5.73 Å². The monoisotopic (exact) mass is 321 g/mol. The van der Waals surface area contributed by atoms with Gasteiger partial charge >= 0.3 is 0 Å². The molecule has 0 unspecified atom stereocenters. The lowest BCUT2D eigenvalue weighted by atomic mass is 10.3. The summed E-state index contributed by atoms with van der Waals surface area (Å²) >= 11 is 9.70. The third kappa shape index (κ3) is 8.91. The summed E-state index contributed by atoms with van der Waals surface area (Å²) < 4.78 is -0.331. The van der Waals surface area contributed by atoms with Crippen molar-refractivity contribution < 1.29 is 4.79 Å². The number of carbonyl (C=O) groups is 1. The molecule has 0 rings (SSSR count). The van der Waals surface area contributed by atoms with E-state index in [0.717, 1.165) is 0 Å². The SMILES string of the molecule is NC(=O)CCC(Br)(Br)Br. The Balaban J connectivity index is 3.39. The zero-order valence-electron chi connectivity index (χ0n) is 4.53. The van der Waals surface area contributed by atoms with Crippen LogP contribution in [-0.2, 0) is 4.79 Å². The molecule has 9 heavy (non-hydrogen) atoms. The zero-order valence-corrected chi connectivity index (χ0v) is 9.29. The molecule has 0 fully saturated rings. The van der Waals surface area contributed by atoms with Crippen molar-refractivity contribution in [1.29, 1.82) is 0 Å². The van der Waals surface area contributed by atoms with E-state index >= 15 is 0 Å². The predicted molar refractivity (Wildman–Crippen MR) is 47.9 cm³/mol. The molecule has 0 atom stereocenters. The quantitative estimate of drug-likeness (QED) is 0.777. The lowest BCUT2D eigenvalue weighted by Crippen LogP contribution is -2.13. The molecule has 2 nitrogen and oxygen atoms in total. The second-order valence-corrected chi connectivity index (χ2v) is 8.84. The van der Waals surface area contributed by atoms with Gasteiger partial charge in [0.25, 0.3) is 0 Å². The van der Waals surface area contributed by atoms with Crippen LogP contribution in [0.25, 0.3) is 0 Å². The third-order valence-corrected chi connectivity index (χ3v) is 1.84. The molecule has 2 N–H and O–H groups in total. The van der Waals surface area contributed by atoms with Crippen molar-refractivity contribution in [2.24, 2.45) is 5.73 Å². The summed E-state index contributed by atoms with van der Waals surface area (Å²) in [6, 6.07) is 0. The van der Waals surface area contributed by atoms with E-state index in [0.29, 0.717) is 12.8 Å². The van der Waals surface area contributed by atoms with Crippen molar-refractivity contribution in [2.75, 3.05) is 0 Å². The topological polar surface area (TPSA) is 43.1 Å². The Hall–Kier alpha value is 0.910. The lowest BCUT2D eigenvalue weighted by Gasteiger charge is -2.08. The largest absolute Gasteiger partial charge is 0.370 e. The van der Waals surface area contributed by atoms with Gasteiger partial charge in [-0.15, -0.1) is 0 Å². The van der Waals surface area contributed by atoms with Gasteiger partial charge in [-0.3, -0.25) is 4.79 Å². The highest BCUT2D eigenvalue weighted by atomic mass is 80.0. The van der Waals surface area contributed by atoms with Crippen LogP contribution in [0.5, 0.6) is 0 Å². The number of hydrogen-bond donors (Lipinski definition) is 1. The molecule has 0 aromatic carbocycles. The molecular weight excluding hydrogens is 318 g/mol. The molecule has 0 bridgehead atoms. The first-order valence-corrected chi connectivity index (χ1v) is 4.65. The molecule has 0 aliphatic rings. The van der Waals surface area contributed by atoms with Crippen LogP contribution in [0.15, 0.2) is 0 Å². The zero-order chi connectivity index (χ0) is 7.49. The smallest absolute Gasteiger partial charge is 0.217 e. The van der Waals surface area contributed by atoms with E-state index in [9.17, 15) is 4.79 Å². The van der Waals surface area contributed by atoms with Crippen molar-refractivity contribution in [2.45, 2.75) is 15.0 Å². The molecule has 0 aromatic rings. The second kappa shape index (κ2) is 3.93. The van der Waals surface area contributed by atoms with Gasteiger partial charge in [0.2, 0.25) is 5.91 Å². The van der Waals surface area contributed by atoms with Crippen molar-refractivity contribution >= 4 is 53.7 Å². The molecule has 0 aromatic heterocycles. The van der Waals surface area contributed by atoms with Crippen LogP contribution < -0.4 is 5.73 Å². The minimum absolute atomic E-state index is 0.294. The summed E-state index contributed by atoms with van der Waals surface area (Å²) in [5.41, 5.74) is 4.90. The number of carbonyl (C=O) groups excluding carboxylic acids is 1. The number of rotatable bonds is 2. The van der Waals surface area contributed by atoms with E-state index in [-0.39, 0.29) is 8.05 Å². The molecule has 0 saturated heterocycles. The minimum atomic E-state index is -0.331. The maximum Gasteiger partial charge on any atom is 0.217 e. The van der Waals surface area contributed by atoms with Crippen LogP contribution in [0.2, 0.25) is 0 Å². The second-order valence-electron chi connectivity index (χ2n) is 1.58. The van der Waals surface area contributed by atoms with E-state index in [1.807, 2.05) is 0 Å². The highest BCUT2D eigenvalue weighted by Crippen LogP contribution is 2.37. The van der Waals surface area contributed by atoms with Gasteiger partial charge in [-0.2, -0.15) is 0 Å². The normalized spacial score (nSPS) is 11.4. The lowest BCUT2D eigenvalue weighted by molar-refractivity contribution is -0.118. The molecule has 0 heterocycles. The van der Waals surface area contributed by atoms with E-state index in [1.54, 1.807) is 0 Å². The average Bonchev–Trinajstić information content (AvgIpc) is 1.59. The first kappa shape index (κ1) is 9.91. The van der Waals surface area contributed by atoms with Crippen LogP contribution in [0.1, 0.15) is 12.8 Å². The van der Waals surface area contributed by atoms with Gasteiger partial charge in [0.15, 0.2) is 0 Å². The van der Waals surface area contributed by atoms with Crippen molar-refractivity contribution in [3.8, 4) is 0 Å². The molecule has 0 aliphatic carbocycles. The molecule has 0 aliphatic heterocycles. The molecule has 1 amide bonds. The molecule has 5 heteroatoms. The fraction of sp³-hybridized carbons (Fsp3) is 0.750. The van der Waals surface area contributed by atoms with Crippen LogP contribution in [0, 0.1) is 0 Å². The summed E-state index contributed by atoms with van der Waals surface area (Å²) in [7, 11) is 0. The van der Waals surface area contributed by atoms with Gasteiger partial charge in [-0.25, -0.2) is 0 Å². The highest BCUT2D eigenvalue weighted by molar-refractivity contribution is 9.39. The van der Waals surface area contributed by atoms with Crippen LogP contribution >= 0.6 is 47.8 Å². The number of alkyl halides is 3. The Morgan fingerprint density at radius 3 is 2.00 bits per heavy atom. The molecule has 0 spiro atoms. The van der Waals surface area contributed by atoms with Gasteiger partial charge in [0, 0.05) is 6.42 Å².